The fraction of sp³-hybridized carbons (Fsp3) is 0.381. The molecule has 0 N–H and O–H groups in total. The topological polar surface area (TPSA) is 56.5 Å². The number of hydrogen-bond acceptors (Lipinski definition) is 4. The van der Waals surface area contributed by atoms with Crippen molar-refractivity contribution in [3.05, 3.63) is 52.0 Å². The van der Waals surface area contributed by atoms with E-state index < -0.39 is 0 Å². The Morgan fingerprint density at radius 3 is 2.78 bits per heavy atom. The minimum Gasteiger partial charge on any atom is -0.466 e. The molecule has 3 heterocycles. The molecule has 0 bridgehead atoms. The van der Waals surface area contributed by atoms with Crippen molar-refractivity contribution in [2.24, 2.45) is 0 Å². The van der Waals surface area contributed by atoms with Gasteiger partial charge in [0.25, 0.3) is 0 Å². The van der Waals surface area contributed by atoms with Crippen LogP contribution in [0.15, 0.2) is 35.1 Å². The first-order chi connectivity index (χ1) is 13.0. The van der Waals surface area contributed by atoms with Crippen molar-refractivity contribution < 1.29 is 9.53 Å². The number of ether oxygens (including phenoxy) is 1. The Morgan fingerprint density at radius 1 is 1.26 bits per heavy atom. The van der Waals surface area contributed by atoms with Crippen LogP contribution in [-0.4, -0.2) is 27.2 Å². The summed E-state index contributed by atoms with van der Waals surface area (Å²) < 4.78 is 8.02. The van der Waals surface area contributed by atoms with Crippen LogP contribution in [0, 0.1) is 6.92 Å². The smallest absolute Gasteiger partial charge is 0.305 e. The van der Waals surface area contributed by atoms with Crippen molar-refractivity contribution in [3.63, 3.8) is 0 Å². The van der Waals surface area contributed by atoms with E-state index in [1.165, 1.54) is 5.69 Å². The first-order valence-corrected chi connectivity index (χ1v) is 10.1. The van der Waals surface area contributed by atoms with Gasteiger partial charge >= 0.3 is 5.97 Å². The number of rotatable bonds is 7. The fourth-order valence-corrected chi connectivity index (χ4v) is 3.78. The molecule has 0 aliphatic rings. The van der Waals surface area contributed by atoms with Crippen molar-refractivity contribution in [1.29, 1.82) is 0 Å². The molecule has 0 aliphatic carbocycles. The number of aromatic nitrogens is 3. The molecule has 142 valence electrons. The average molecular weight is 430 g/mol. The normalized spacial score (nSPS) is 11.1. The van der Waals surface area contributed by atoms with Gasteiger partial charge in [0.1, 0.15) is 0 Å². The van der Waals surface area contributed by atoms with Gasteiger partial charge in [-0.15, -0.1) is 0 Å². The predicted octanol–water partition coefficient (Wildman–Crippen LogP) is 4.92. The molecule has 0 spiro atoms. The molecule has 0 atom stereocenters. The van der Waals surface area contributed by atoms with Crippen LogP contribution in [0.4, 0.5) is 0 Å². The van der Waals surface area contributed by atoms with E-state index in [1.54, 1.807) is 6.20 Å². The summed E-state index contributed by atoms with van der Waals surface area (Å²) in [7, 11) is 0. The number of carbonyl (C=O) groups excluding carboxylic acids is 1. The first kappa shape index (κ1) is 19.5. The van der Waals surface area contributed by atoms with E-state index in [1.807, 2.05) is 24.6 Å². The standard InChI is InChI=1S/C21H24BrN3O2/c1-4-17-9-10-19-21(15-11-16(22)13-23-12-15)18(14(3)24-25(17)19)7-6-8-20(26)27-5-2/h9-13H,4-8H2,1-3H3. The van der Waals surface area contributed by atoms with Crippen LogP contribution in [0.2, 0.25) is 0 Å². The summed E-state index contributed by atoms with van der Waals surface area (Å²) in [6.07, 6.45) is 6.49. The quantitative estimate of drug-likeness (QED) is 0.500. The summed E-state index contributed by atoms with van der Waals surface area (Å²) in [5.41, 5.74) is 6.57. The van der Waals surface area contributed by atoms with Crippen LogP contribution in [-0.2, 0) is 22.4 Å². The van der Waals surface area contributed by atoms with Crippen LogP contribution in [0.1, 0.15) is 43.6 Å². The number of pyridine rings is 1. The number of hydrogen-bond donors (Lipinski definition) is 0. The zero-order valence-electron chi connectivity index (χ0n) is 16.0. The van der Waals surface area contributed by atoms with Crippen molar-refractivity contribution in [2.45, 2.75) is 46.5 Å². The predicted molar refractivity (Wildman–Crippen MR) is 110 cm³/mol. The lowest BCUT2D eigenvalue weighted by molar-refractivity contribution is -0.143. The molecule has 0 aromatic carbocycles. The van der Waals surface area contributed by atoms with E-state index in [0.29, 0.717) is 13.0 Å². The third kappa shape index (κ3) is 4.21. The minimum atomic E-state index is -0.147. The maximum Gasteiger partial charge on any atom is 0.305 e. The zero-order valence-corrected chi connectivity index (χ0v) is 17.5. The molecule has 6 heteroatoms. The van der Waals surface area contributed by atoms with Gasteiger partial charge in [0, 0.05) is 40.1 Å². The van der Waals surface area contributed by atoms with Gasteiger partial charge < -0.3 is 4.74 Å². The van der Waals surface area contributed by atoms with E-state index in [-0.39, 0.29) is 5.97 Å². The third-order valence-corrected chi connectivity index (χ3v) is 5.08. The Labute approximate surface area is 167 Å². The van der Waals surface area contributed by atoms with Gasteiger partial charge in [-0.2, -0.15) is 5.10 Å². The first-order valence-electron chi connectivity index (χ1n) is 9.31. The molecule has 0 aliphatic heterocycles. The summed E-state index contributed by atoms with van der Waals surface area (Å²) in [5, 5.41) is 4.82. The molecule has 5 nitrogen and oxygen atoms in total. The second-order valence-corrected chi connectivity index (χ2v) is 7.38. The minimum absolute atomic E-state index is 0.147. The number of halogens is 1. The Bertz CT molecular complexity index is 965. The number of nitrogens with zero attached hydrogens (tertiary/aromatic N) is 3. The molecule has 3 aromatic heterocycles. The molecule has 0 radical (unpaired) electrons. The van der Waals surface area contributed by atoms with Gasteiger partial charge in [-0.25, -0.2) is 4.52 Å². The van der Waals surface area contributed by atoms with Crippen LogP contribution in [0.25, 0.3) is 16.6 Å². The summed E-state index contributed by atoms with van der Waals surface area (Å²) in [4.78, 5) is 16.1. The van der Waals surface area contributed by atoms with E-state index in [2.05, 4.69) is 46.0 Å². The summed E-state index contributed by atoms with van der Waals surface area (Å²) in [6, 6.07) is 6.32. The Morgan fingerprint density at radius 2 is 2.07 bits per heavy atom. The molecule has 0 fully saturated rings. The molecule has 0 saturated carbocycles. The van der Waals surface area contributed by atoms with E-state index in [0.717, 1.165) is 51.6 Å². The maximum atomic E-state index is 11.7. The van der Waals surface area contributed by atoms with Crippen LogP contribution in [0.5, 0.6) is 0 Å². The molecule has 3 aromatic rings. The van der Waals surface area contributed by atoms with Crippen molar-refractivity contribution in [1.82, 2.24) is 14.6 Å². The summed E-state index contributed by atoms with van der Waals surface area (Å²) in [6.45, 7) is 6.42. The molecule has 0 amide bonds. The molecular formula is C21H24BrN3O2. The van der Waals surface area contributed by atoms with Crippen LogP contribution in [0.3, 0.4) is 0 Å². The second-order valence-electron chi connectivity index (χ2n) is 6.46. The lowest BCUT2D eigenvalue weighted by Crippen LogP contribution is -2.08. The number of fused-ring (bicyclic) bond motifs is 1. The highest BCUT2D eigenvalue weighted by atomic mass is 79.9. The highest BCUT2D eigenvalue weighted by Crippen LogP contribution is 2.33. The Kier molecular flexibility index (Phi) is 6.26. The molecule has 3 rings (SSSR count). The summed E-state index contributed by atoms with van der Waals surface area (Å²) >= 11 is 3.53. The van der Waals surface area contributed by atoms with Gasteiger partial charge in [-0.1, -0.05) is 6.92 Å². The Hall–Kier alpha value is -2.21. The van der Waals surface area contributed by atoms with Gasteiger partial charge in [-0.05, 0) is 72.8 Å². The number of esters is 1. The highest BCUT2D eigenvalue weighted by molar-refractivity contribution is 9.10. The van der Waals surface area contributed by atoms with Crippen LogP contribution >= 0.6 is 15.9 Å². The zero-order chi connectivity index (χ0) is 19.4. The largest absolute Gasteiger partial charge is 0.466 e. The lowest BCUT2D eigenvalue weighted by Gasteiger charge is -2.15. The summed E-state index contributed by atoms with van der Waals surface area (Å²) in [5.74, 6) is -0.147. The van der Waals surface area contributed by atoms with Gasteiger partial charge in [0.05, 0.1) is 17.8 Å². The van der Waals surface area contributed by atoms with E-state index >= 15 is 0 Å². The van der Waals surface area contributed by atoms with Crippen LogP contribution < -0.4 is 0 Å². The van der Waals surface area contributed by atoms with Crippen molar-refractivity contribution >= 4 is 27.4 Å². The molecule has 27 heavy (non-hydrogen) atoms. The van der Waals surface area contributed by atoms with Crippen molar-refractivity contribution in [3.8, 4) is 11.1 Å². The fourth-order valence-electron chi connectivity index (χ4n) is 3.41. The van der Waals surface area contributed by atoms with Gasteiger partial charge in [0.2, 0.25) is 0 Å². The number of carbonyl (C=O) groups is 1. The van der Waals surface area contributed by atoms with Gasteiger partial charge in [-0.3, -0.25) is 9.78 Å². The van der Waals surface area contributed by atoms with E-state index in [4.69, 9.17) is 9.84 Å². The van der Waals surface area contributed by atoms with E-state index in [9.17, 15) is 4.79 Å². The maximum absolute atomic E-state index is 11.7. The third-order valence-electron chi connectivity index (χ3n) is 4.65. The second kappa shape index (κ2) is 8.65. The molecule has 0 saturated heterocycles. The highest BCUT2D eigenvalue weighted by Gasteiger charge is 2.17. The lowest BCUT2D eigenvalue weighted by atomic mass is 9.96. The average Bonchev–Trinajstić information content (AvgIpc) is 3.04. The number of aryl methyl sites for hydroxylation is 2. The monoisotopic (exact) mass is 429 g/mol. The van der Waals surface area contributed by atoms with Gasteiger partial charge in [0.15, 0.2) is 0 Å². The molecule has 0 unspecified atom stereocenters. The Balaban J connectivity index is 2.07. The van der Waals surface area contributed by atoms with Crippen molar-refractivity contribution in [2.75, 3.05) is 6.61 Å². The molecular weight excluding hydrogens is 406 g/mol. The SMILES string of the molecule is CCOC(=O)CCCc1c(C)nn2c(CC)ccc2c1-c1cncc(Br)c1.